The van der Waals surface area contributed by atoms with Gasteiger partial charge in [0.2, 0.25) is 5.91 Å². The van der Waals surface area contributed by atoms with E-state index < -0.39 is 0 Å². The van der Waals surface area contributed by atoms with Gasteiger partial charge in [-0.2, -0.15) is 5.10 Å². The molecule has 0 saturated heterocycles. The Hall–Kier alpha value is -2.14. The third kappa shape index (κ3) is 3.20. The average Bonchev–Trinajstić information content (AvgIpc) is 2.72. The predicted octanol–water partition coefficient (Wildman–Crippen LogP) is 1.37. The van der Waals surface area contributed by atoms with Gasteiger partial charge in [-0.3, -0.25) is 9.48 Å². The second-order valence-corrected chi connectivity index (χ2v) is 4.53. The highest BCUT2D eigenvalue weighted by atomic mass is 16.1. The molecule has 0 saturated carbocycles. The lowest BCUT2D eigenvalue weighted by molar-refractivity contribution is -0.115. The number of rotatable bonds is 4. The van der Waals surface area contributed by atoms with Crippen molar-refractivity contribution in [1.82, 2.24) is 9.78 Å². The number of nitrogens with zero attached hydrogens (tertiary/aromatic N) is 2. The molecule has 1 amide bonds. The molecule has 3 N–H and O–H groups in total. The summed E-state index contributed by atoms with van der Waals surface area (Å²) in [7, 11) is 1.80. The van der Waals surface area contributed by atoms with E-state index in [1.807, 2.05) is 37.4 Å². The number of benzene rings is 1. The number of hydrogen-bond acceptors (Lipinski definition) is 3. The van der Waals surface area contributed by atoms with E-state index in [1.165, 1.54) is 0 Å². The smallest absolute Gasteiger partial charge is 0.230 e. The van der Waals surface area contributed by atoms with E-state index in [2.05, 4.69) is 10.4 Å². The maximum atomic E-state index is 12.0. The molecule has 0 aliphatic rings. The summed E-state index contributed by atoms with van der Waals surface area (Å²) in [6, 6.07) is 7.84. The Morgan fingerprint density at radius 2 is 2.11 bits per heavy atom. The van der Waals surface area contributed by atoms with Gasteiger partial charge in [-0.1, -0.05) is 24.3 Å². The van der Waals surface area contributed by atoms with Crippen LogP contribution in [0.3, 0.4) is 0 Å². The van der Waals surface area contributed by atoms with Gasteiger partial charge >= 0.3 is 0 Å². The van der Waals surface area contributed by atoms with Crippen molar-refractivity contribution in [1.29, 1.82) is 0 Å². The predicted molar refractivity (Wildman–Crippen MR) is 74.6 cm³/mol. The Bertz CT molecular complexity index is 589. The number of hydrogen-bond donors (Lipinski definition) is 2. The Morgan fingerprint density at radius 1 is 1.37 bits per heavy atom. The van der Waals surface area contributed by atoms with Gasteiger partial charge < -0.3 is 11.1 Å². The van der Waals surface area contributed by atoms with Gasteiger partial charge in [0.25, 0.3) is 0 Å². The monoisotopic (exact) mass is 258 g/mol. The number of aryl methyl sites for hydroxylation is 2. The first-order valence-corrected chi connectivity index (χ1v) is 6.17. The Kier molecular flexibility index (Phi) is 3.97. The zero-order valence-electron chi connectivity index (χ0n) is 11.2. The van der Waals surface area contributed by atoms with Crippen LogP contribution in [0, 0.1) is 6.92 Å². The van der Waals surface area contributed by atoms with Crippen LogP contribution in [-0.4, -0.2) is 15.7 Å². The molecule has 0 aliphatic carbocycles. The fraction of sp³-hybridized carbons (Fsp3) is 0.286. The molecule has 0 bridgehead atoms. The zero-order chi connectivity index (χ0) is 13.8. The number of carbonyl (C=O) groups is 1. The quantitative estimate of drug-likeness (QED) is 0.870. The number of carbonyl (C=O) groups excluding carboxylic acids is 1. The Balaban J connectivity index is 2.07. The molecule has 1 aromatic carbocycles. The van der Waals surface area contributed by atoms with Crippen LogP contribution in [-0.2, 0) is 24.8 Å². The van der Waals surface area contributed by atoms with E-state index in [4.69, 9.17) is 5.73 Å². The van der Waals surface area contributed by atoms with Crippen LogP contribution < -0.4 is 11.1 Å². The van der Waals surface area contributed by atoms with Crippen LogP contribution in [0.2, 0.25) is 0 Å². The standard InChI is InChI=1S/C14H18N4O/c1-10-5-3-4-6-11(10)7-13(19)16-14-12(8-15)9-18(2)17-14/h3-6,9H,7-8,15H2,1-2H3,(H,16,17,19). The molecular formula is C14H18N4O. The summed E-state index contributed by atoms with van der Waals surface area (Å²) in [4.78, 5) is 12.0. The van der Waals surface area contributed by atoms with Crippen molar-refractivity contribution in [3.63, 3.8) is 0 Å². The van der Waals surface area contributed by atoms with E-state index in [0.717, 1.165) is 16.7 Å². The van der Waals surface area contributed by atoms with E-state index in [-0.39, 0.29) is 5.91 Å². The van der Waals surface area contributed by atoms with Gasteiger partial charge in [-0.15, -0.1) is 0 Å². The molecular weight excluding hydrogens is 240 g/mol. The van der Waals surface area contributed by atoms with Crippen molar-refractivity contribution in [3.8, 4) is 0 Å². The zero-order valence-corrected chi connectivity index (χ0v) is 11.2. The van der Waals surface area contributed by atoms with Crippen LogP contribution in [0.1, 0.15) is 16.7 Å². The van der Waals surface area contributed by atoms with Gasteiger partial charge in [0.1, 0.15) is 0 Å². The van der Waals surface area contributed by atoms with Crippen LogP contribution in [0.5, 0.6) is 0 Å². The summed E-state index contributed by atoms with van der Waals surface area (Å²) >= 11 is 0. The third-order valence-corrected chi connectivity index (χ3v) is 2.99. The lowest BCUT2D eigenvalue weighted by Crippen LogP contribution is -2.17. The normalized spacial score (nSPS) is 10.5. The summed E-state index contributed by atoms with van der Waals surface area (Å²) in [5.74, 6) is 0.464. The van der Waals surface area contributed by atoms with E-state index in [1.54, 1.807) is 11.7 Å². The number of nitrogens with one attached hydrogen (secondary N) is 1. The van der Waals surface area contributed by atoms with Crippen LogP contribution in [0.25, 0.3) is 0 Å². The van der Waals surface area contributed by atoms with Gasteiger partial charge in [0.15, 0.2) is 5.82 Å². The van der Waals surface area contributed by atoms with Gasteiger partial charge in [0, 0.05) is 25.4 Å². The maximum Gasteiger partial charge on any atom is 0.230 e. The largest absolute Gasteiger partial charge is 0.326 e. The molecule has 0 radical (unpaired) electrons. The molecule has 2 rings (SSSR count). The average molecular weight is 258 g/mol. The highest BCUT2D eigenvalue weighted by Gasteiger charge is 2.11. The number of anilines is 1. The van der Waals surface area contributed by atoms with E-state index >= 15 is 0 Å². The maximum absolute atomic E-state index is 12.0. The molecule has 2 aromatic rings. The molecule has 5 nitrogen and oxygen atoms in total. The fourth-order valence-electron chi connectivity index (χ4n) is 1.95. The van der Waals surface area contributed by atoms with Gasteiger partial charge in [-0.25, -0.2) is 0 Å². The molecule has 0 unspecified atom stereocenters. The van der Waals surface area contributed by atoms with Crippen molar-refractivity contribution in [2.24, 2.45) is 12.8 Å². The molecule has 0 aliphatic heterocycles. The van der Waals surface area contributed by atoms with E-state index in [9.17, 15) is 4.79 Å². The number of aromatic nitrogens is 2. The molecule has 0 spiro atoms. The summed E-state index contributed by atoms with van der Waals surface area (Å²) in [5.41, 5.74) is 8.57. The first-order chi connectivity index (χ1) is 9.10. The van der Waals surface area contributed by atoms with Crippen LogP contribution >= 0.6 is 0 Å². The summed E-state index contributed by atoms with van der Waals surface area (Å²) in [6.45, 7) is 2.35. The molecule has 5 heteroatoms. The van der Waals surface area contributed by atoms with Crippen molar-refractivity contribution >= 4 is 11.7 Å². The third-order valence-electron chi connectivity index (χ3n) is 2.99. The SMILES string of the molecule is Cc1ccccc1CC(=O)Nc1nn(C)cc1CN. The van der Waals surface area contributed by atoms with Gasteiger partial charge in [-0.05, 0) is 18.1 Å². The number of amides is 1. The lowest BCUT2D eigenvalue weighted by atomic mass is 10.1. The summed E-state index contributed by atoms with van der Waals surface area (Å²) in [6.07, 6.45) is 2.15. The Labute approximate surface area is 112 Å². The first kappa shape index (κ1) is 13.3. The first-order valence-electron chi connectivity index (χ1n) is 6.17. The van der Waals surface area contributed by atoms with E-state index in [0.29, 0.717) is 18.8 Å². The number of nitrogens with two attached hydrogens (primary N) is 1. The molecule has 1 heterocycles. The van der Waals surface area contributed by atoms with Gasteiger partial charge in [0.05, 0.1) is 6.42 Å². The second-order valence-electron chi connectivity index (χ2n) is 4.53. The minimum atomic E-state index is -0.0808. The van der Waals surface area contributed by atoms with Crippen molar-refractivity contribution in [2.75, 3.05) is 5.32 Å². The summed E-state index contributed by atoms with van der Waals surface area (Å²) in [5, 5.41) is 7.00. The second kappa shape index (κ2) is 5.67. The minimum absolute atomic E-state index is 0.0808. The van der Waals surface area contributed by atoms with Crippen LogP contribution in [0.4, 0.5) is 5.82 Å². The topological polar surface area (TPSA) is 72.9 Å². The molecule has 0 fully saturated rings. The van der Waals surface area contributed by atoms with Crippen molar-refractivity contribution < 1.29 is 4.79 Å². The summed E-state index contributed by atoms with van der Waals surface area (Å²) < 4.78 is 1.64. The fourth-order valence-corrected chi connectivity index (χ4v) is 1.95. The Morgan fingerprint density at radius 3 is 2.79 bits per heavy atom. The lowest BCUT2D eigenvalue weighted by Gasteiger charge is -2.06. The van der Waals surface area contributed by atoms with Crippen molar-refractivity contribution in [3.05, 3.63) is 47.2 Å². The molecule has 19 heavy (non-hydrogen) atoms. The minimum Gasteiger partial charge on any atom is -0.326 e. The molecule has 1 aromatic heterocycles. The highest BCUT2D eigenvalue weighted by molar-refractivity contribution is 5.92. The molecule has 100 valence electrons. The highest BCUT2D eigenvalue weighted by Crippen LogP contribution is 2.13. The van der Waals surface area contributed by atoms with Crippen LogP contribution in [0.15, 0.2) is 30.5 Å². The molecule has 0 atom stereocenters. The van der Waals surface area contributed by atoms with Crippen molar-refractivity contribution in [2.45, 2.75) is 19.9 Å².